The van der Waals surface area contributed by atoms with Gasteiger partial charge in [0.1, 0.15) is 12.4 Å². The zero-order valence-electron chi connectivity index (χ0n) is 12.5. The molecule has 0 aromatic heterocycles. The molecule has 1 heterocycles. The second-order valence-electron chi connectivity index (χ2n) is 5.98. The zero-order valence-corrected chi connectivity index (χ0v) is 13.2. The van der Waals surface area contributed by atoms with Gasteiger partial charge in [-0.1, -0.05) is 17.7 Å². The van der Waals surface area contributed by atoms with Crippen molar-refractivity contribution in [3.8, 4) is 5.75 Å². The van der Waals surface area contributed by atoms with E-state index >= 15 is 0 Å². The first kappa shape index (κ1) is 16.5. The zero-order chi connectivity index (χ0) is 15.8. The average Bonchev–Trinajstić information content (AvgIpc) is 2.57. The van der Waals surface area contributed by atoms with Crippen LogP contribution in [-0.4, -0.2) is 31.4 Å². The van der Waals surface area contributed by atoms with Gasteiger partial charge in [0.2, 0.25) is 0 Å². The molecule has 1 saturated heterocycles. The van der Waals surface area contributed by atoms with Gasteiger partial charge >= 0.3 is 7.12 Å². The Bertz CT molecular complexity index is 507. The predicted octanol–water partition coefficient (Wildman–Crippen LogP) is 3.28. The molecule has 2 rings (SSSR count). The maximum absolute atomic E-state index is 12.2. The summed E-state index contributed by atoms with van der Waals surface area (Å²) in [6.07, 6.45) is -2.55. The van der Waals surface area contributed by atoms with Crippen LogP contribution in [0.15, 0.2) is 18.2 Å². The Morgan fingerprint density at radius 2 is 1.76 bits per heavy atom. The van der Waals surface area contributed by atoms with Crippen molar-refractivity contribution in [2.24, 2.45) is 0 Å². The smallest absolute Gasteiger partial charge is 0.486 e. The molecule has 0 bridgehead atoms. The Labute approximate surface area is 128 Å². The highest BCUT2D eigenvalue weighted by Crippen LogP contribution is 2.37. The highest BCUT2D eigenvalue weighted by molar-refractivity contribution is 6.62. The first-order chi connectivity index (χ1) is 9.62. The standard InChI is InChI=1S/C14H18BClF2O3/c1-13(2)14(3,4)21-15(20-13)9-5-6-10(16)11(7-9)19-8-12(17)18/h5-7,12H,8H2,1-4H3. The average molecular weight is 319 g/mol. The molecule has 21 heavy (non-hydrogen) atoms. The van der Waals surface area contributed by atoms with Crippen molar-refractivity contribution in [2.75, 3.05) is 6.61 Å². The van der Waals surface area contributed by atoms with E-state index in [2.05, 4.69) is 0 Å². The van der Waals surface area contributed by atoms with Crippen LogP contribution < -0.4 is 10.2 Å². The summed E-state index contributed by atoms with van der Waals surface area (Å²) in [5, 5.41) is 0.274. The molecular formula is C14H18BClF2O3. The molecular weight excluding hydrogens is 300 g/mol. The maximum Gasteiger partial charge on any atom is 0.494 e. The Hall–Kier alpha value is -0.845. The molecule has 0 N–H and O–H groups in total. The number of hydrogen-bond acceptors (Lipinski definition) is 3. The summed E-state index contributed by atoms with van der Waals surface area (Å²) in [5.74, 6) is 0.198. The summed E-state index contributed by atoms with van der Waals surface area (Å²) in [5.41, 5.74) is -0.259. The van der Waals surface area contributed by atoms with Crippen molar-refractivity contribution in [3.05, 3.63) is 23.2 Å². The Morgan fingerprint density at radius 3 is 2.29 bits per heavy atom. The minimum Gasteiger partial charge on any atom is -0.486 e. The highest BCUT2D eigenvalue weighted by Gasteiger charge is 2.51. The van der Waals surface area contributed by atoms with E-state index < -0.39 is 31.4 Å². The van der Waals surface area contributed by atoms with Gasteiger partial charge in [0, 0.05) is 0 Å². The molecule has 1 fully saturated rings. The summed E-state index contributed by atoms with van der Waals surface area (Å²) >= 11 is 5.95. The Kier molecular flexibility index (Phi) is 4.52. The number of ether oxygens (including phenoxy) is 1. The predicted molar refractivity (Wildman–Crippen MR) is 78.7 cm³/mol. The maximum atomic E-state index is 12.2. The van der Waals surface area contributed by atoms with Gasteiger partial charge in [-0.15, -0.1) is 0 Å². The van der Waals surface area contributed by atoms with Crippen LogP contribution in [0, 0.1) is 0 Å². The Balaban J connectivity index is 2.20. The van der Waals surface area contributed by atoms with Crippen molar-refractivity contribution in [1.29, 1.82) is 0 Å². The van der Waals surface area contributed by atoms with Crippen molar-refractivity contribution in [2.45, 2.75) is 45.3 Å². The van der Waals surface area contributed by atoms with Gasteiger partial charge in [-0.3, -0.25) is 0 Å². The van der Waals surface area contributed by atoms with E-state index in [-0.39, 0.29) is 10.8 Å². The first-order valence-corrected chi connectivity index (χ1v) is 7.06. The second kappa shape index (κ2) is 5.74. The number of rotatable bonds is 4. The first-order valence-electron chi connectivity index (χ1n) is 6.68. The van der Waals surface area contributed by atoms with E-state index in [0.717, 1.165) is 0 Å². The van der Waals surface area contributed by atoms with Crippen LogP contribution in [0.3, 0.4) is 0 Å². The van der Waals surface area contributed by atoms with Gasteiger partial charge in [0.05, 0.1) is 16.2 Å². The van der Waals surface area contributed by atoms with Crippen LogP contribution in [0.4, 0.5) is 8.78 Å². The molecule has 0 radical (unpaired) electrons. The summed E-state index contributed by atoms with van der Waals surface area (Å²) in [6, 6.07) is 4.90. The largest absolute Gasteiger partial charge is 0.494 e. The third-order valence-electron chi connectivity index (χ3n) is 3.85. The molecule has 0 spiro atoms. The van der Waals surface area contributed by atoms with Gasteiger partial charge in [0.15, 0.2) is 0 Å². The third kappa shape index (κ3) is 3.50. The van der Waals surface area contributed by atoms with Gasteiger partial charge in [-0.2, -0.15) is 0 Å². The van der Waals surface area contributed by atoms with Crippen molar-refractivity contribution in [1.82, 2.24) is 0 Å². The molecule has 1 aromatic rings. The fourth-order valence-electron chi connectivity index (χ4n) is 1.91. The van der Waals surface area contributed by atoms with Crippen molar-refractivity contribution in [3.63, 3.8) is 0 Å². The molecule has 1 aliphatic heterocycles. The molecule has 0 unspecified atom stereocenters. The monoisotopic (exact) mass is 318 g/mol. The fraction of sp³-hybridized carbons (Fsp3) is 0.571. The lowest BCUT2D eigenvalue weighted by Crippen LogP contribution is -2.41. The van der Waals surface area contributed by atoms with Gasteiger partial charge in [-0.25, -0.2) is 8.78 Å². The lowest BCUT2D eigenvalue weighted by atomic mass is 9.79. The van der Waals surface area contributed by atoms with Crippen LogP contribution in [0.5, 0.6) is 5.75 Å². The van der Waals surface area contributed by atoms with E-state index in [4.69, 9.17) is 25.6 Å². The highest BCUT2D eigenvalue weighted by atomic mass is 35.5. The minimum absolute atomic E-state index is 0.198. The van der Waals surface area contributed by atoms with Crippen LogP contribution >= 0.6 is 11.6 Å². The second-order valence-corrected chi connectivity index (χ2v) is 6.39. The number of benzene rings is 1. The quantitative estimate of drug-likeness (QED) is 0.797. The number of halogens is 3. The molecule has 7 heteroatoms. The minimum atomic E-state index is -2.55. The lowest BCUT2D eigenvalue weighted by molar-refractivity contribution is 0.00578. The summed E-state index contributed by atoms with van der Waals surface area (Å²) in [4.78, 5) is 0. The molecule has 1 aliphatic rings. The number of hydrogen-bond donors (Lipinski definition) is 0. The fourth-order valence-corrected chi connectivity index (χ4v) is 2.08. The van der Waals surface area contributed by atoms with Crippen LogP contribution in [-0.2, 0) is 9.31 Å². The van der Waals surface area contributed by atoms with E-state index in [9.17, 15) is 8.78 Å². The number of alkyl halides is 2. The SMILES string of the molecule is CC1(C)OB(c2ccc(Cl)c(OCC(F)F)c2)OC1(C)C. The molecule has 3 nitrogen and oxygen atoms in total. The molecule has 0 amide bonds. The van der Waals surface area contributed by atoms with E-state index in [1.807, 2.05) is 27.7 Å². The normalized spacial score (nSPS) is 20.1. The summed E-state index contributed by atoms with van der Waals surface area (Å²) in [6.45, 7) is 7.06. The van der Waals surface area contributed by atoms with Gasteiger partial charge < -0.3 is 14.0 Å². The molecule has 0 aliphatic carbocycles. The summed E-state index contributed by atoms with van der Waals surface area (Å²) in [7, 11) is -0.582. The molecule has 1 aromatic carbocycles. The third-order valence-corrected chi connectivity index (χ3v) is 4.16. The van der Waals surface area contributed by atoms with Crippen LogP contribution in [0.2, 0.25) is 5.02 Å². The topological polar surface area (TPSA) is 27.7 Å². The van der Waals surface area contributed by atoms with Crippen molar-refractivity contribution >= 4 is 24.2 Å². The van der Waals surface area contributed by atoms with E-state index in [1.54, 1.807) is 18.2 Å². The molecule has 0 atom stereocenters. The van der Waals surface area contributed by atoms with Crippen molar-refractivity contribution < 1.29 is 22.8 Å². The van der Waals surface area contributed by atoms with Gasteiger partial charge in [0.25, 0.3) is 6.43 Å². The van der Waals surface area contributed by atoms with E-state index in [1.165, 1.54) is 0 Å². The molecule has 0 saturated carbocycles. The van der Waals surface area contributed by atoms with Crippen LogP contribution in [0.25, 0.3) is 0 Å². The lowest BCUT2D eigenvalue weighted by Gasteiger charge is -2.32. The van der Waals surface area contributed by atoms with E-state index in [0.29, 0.717) is 5.46 Å². The molecule has 116 valence electrons. The van der Waals surface area contributed by atoms with Gasteiger partial charge in [-0.05, 0) is 45.3 Å². The van der Waals surface area contributed by atoms with Crippen LogP contribution in [0.1, 0.15) is 27.7 Å². The Morgan fingerprint density at radius 1 is 1.19 bits per heavy atom. The summed E-state index contributed by atoms with van der Waals surface area (Å²) < 4.78 is 41.3.